The predicted octanol–water partition coefficient (Wildman–Crippen LogP) is 3.86. The van der Waals surface area contributed by atoms with E-state index in [1.807, 2.05) is 28.9 Å². The molecule has 2 aromatic carbocycles. The fourth-order valence-corrected chi connectivity index (χ4v) is 5.26. The van der Waals surface area contributed by atoms with Gasteiger partial charge in [-0.3, -0.25) is 4.90 Å². The average molecular weight is 467 g/mol. The molecule has 1 saturated heterocycles. The van der Waals surface area contributed by atoms with Gasteiger partial charge < -0.3 is 14.4 Å². The van der Waals surface area contributed by atoms with Gasteiger partial charge in [0.05, 0.1) is 32.0 Å². The molecule has 1 unspecified atom stereocenters. The summed E-state index contributed by atoms with van der Waals surface area (Å²) in [5, 5.41) is 13.0. The standard InChI is InChI=1S/C25H31FN6O2/c1-33-22-12-11-18(17-23(22)34-2)24(25-27-28-29-32(25)19-7-3-4-8-19)31-15-13-30(14-16-31)21-10-6-5-9-20(21)26/h5-6,9-12,17,19,24H,3-4,7-8,13-16H2,1-2H3. The third kappa shape index (κ3) is 4.32. The number of para-hydroxylation sites is 1. The summed E-state index contributed by atoms with van der Waals surface area (Å²) in [6, 6.07) is 13.2. The van der Waals surface area contributed by atoms with Gasteiger partial charge in [0.15, 0.2) is 17.3 Å². The average Bonchev–Trinajstić information content (AvgIpc) is 3.57. The fraction of sp³-hybridized carbons (Fsp3) is 0.480. The molecule has 180 valence electrons. The minimum Gasteiger partial charge on any atom is -0.493 e. The topological polar surface area (TPSA) is 68.5 Å². The summed E-state index contributed by atoms with van der Waals surface area (Å²) < 4.78 is 27.5. The molecule has 1 aliphatic heterocycles. The van der Waals surface area contributed by atoms with E-state index in [1.54, 1.807) is 20.3 Å². The Labute approximate surface area is 199 Å². The first kappa shape index (κ1) is 22.6. The van der Waals surface area contributed by atoms with Gasteiger partial charge in [0, 0.05) is 26.2 Å². The van der Waals surface area contributed by atoms with Gasteiger partial charge in [0.2, 0.25) is 0 Å². The van der Waals surface area contributed by atoms with E-state index in [4.69, 9.17) is 9.47 Å². The monoisotopic (exact) mass is 466 g/mol. The van der Waals surface area contributed by atoms with Crippen LogP contribution in [0.1, 0.15) is 49.2 Å². The Morgan fingerprint density at radius 2 is 1.68 bits per heavy atom. The highest BCUT2D eigenvalue weighted by molar-refractivity contribution is 5.48. The number of benzene rings is 2. The first-order valence-electron chi connectivity index (χ1n) is 11.9. The van der Waals surface area contributed by atoms with Gasteiger partial charge in [0.25, 0.3) is 0 Å². The van der Waals surface area contributed by atoms with Gasteiger partial charge in [0.1, 0.15) is 5.82 Å². The van der Waals surface area contributed by atoms with Gasteiger partial charge in [-0.05, 0) is 53.1 Å². The molecule has 0 bridgehead atoms. The van der Waals surface area contributed by atoms with Crippen molar-refractivity contribution in [1.29, 1.82) is 0 Å². The minimum atomic E-state index is -0.183. The van der Waals surface area contributed by atoms with Crippen LogP contribution in [-0.4, -0.2) is 65.5 Å². The van der Waals surface area contributed by atoms with Gasteiger partial charge in [-0.15, -0.1) is 5.10 Å². The molecule has 0 N–H and O–H groups in total. The molecule has 5 rings (SSSR count). The highest BCUT2D eigenvalue weighted by Crippen LogP contribution is 2.38. The molecule has 1 saturated carbocycles. The van der Waals surface area contributed by atoms with Crippen LogP contribution >= 0.6 is 0 Å². The van der Waals surface area contributed by atoms with Crippen molar-refractivity contribution in [2.45, 2.75) is 37.8 Å². The molecule has 3 aromatic rings. The Kier molecular flexibility index (Phi) is 6.62. The van der Waals surface area contributed by atoms with Crippen molar-refractivity contribution in [2.75, 3.05) is 45.3 Å². The lowest BCUT2D eigenvalue weighted by Gasteiger charge is -2.40. The van der Waals surface area contributed by atoms with E-state index in [9.17, 15) is 4.39 Å². The quantitative estimate of drug-likeness (QED) is 0.524. The summed E-state index contributed by atoms with van der Waals surface area (Å²) in [5.74, 6) is 2.02. The molecule has 0 amide bonds. The van der Waals surface area contributed by atoms with E-state index >= 15 is 0 Å². The minimum absolute atomic E-state index is 0.141. The molecule has 0 spiro atoms. The first-order valence-corrected chi connectivity index (χ1v) is 11.9. The lowest BCUT2D eigenvalue weighted by Crippen LogP contribution is -2.48. The number of tetrazole rings is 1. The molecule has 34 heavy (non-hydrogen) atoms. The third-order valence-electron chi connectivity index (χ3n) is 7.03. The van der Waals surface area contributed by atoms with Crippen LogP contribution in [0.15, 0.2) is 42.5 Å². The second-order valence-electron chi connectivity index (χ2n) is 8.91. The molecule has 0 radical (unpaired) electrons. The summed E-state index contributed by atoms with van der Waals surface area (Å²) in [4.78, 5) is 4.49. The van der Waals surface area contributed by atoms with Crippen LogP contribution in [0, 0.1) is 5.82 Å². The summed E-state index contributed by atoms with van der Waals surface area (Å²) in [5.41, 5.74) is 1.70. The van der Waals surface area contributed by atoms with E-state index < -0.39 is 0 Å². The lowest BCUT2D eigenvalue weighted by molar-refractivity contribution is 0.197. The number of hydrogen-bond donors (Lipinski definition) is 0. The van der Waals surface area contributed by atoms with Crippen LogP contribution in [0.25, 0.3) is 0 Å². The highest BCUT2D eigenvalue weighted by Gasteiger charge is 2.34. The predicted molar refractivity (Wildman–Crippen MR) is 127 cm³/mol. The summed E-state index contributed by atoms with van der Waals surface area (Å²) in [6.45, 7) is 2.95. The summed E-state index contributed by atoms with van der Waals surface area (Å²) >= 11 is 0. The Morgan fingerprint density at radius 3 is 2.38 bits per heavy atom. The number of anilines is 1. The van der Waals surface area contributed by atoms with Crippen LogP contribution < -0.4 is 14.4 Å². The van der Waals surface area contributed by atoms with Gasteiger partial charge in [-0.25, -0.2) is 9.07 Å². The molecule has 1 aromatic heterocycles. The first-order chi connectivity index (χ1) is 16.7. The van der Waals surface area contributed by atoms with Crippen molar-refractivity contribution in [3.63, 3.8) is 0 Å². The largest absolute Gasteiger partial charge is 0.493 e. The summed E-state index contributed by atoms with van der Waals surface area (Å²) in [7, 11) is 3.28. The molecule has 1 atom stereocenters. The lowest BCUT2D eigenvalue weighted by atomic mass is 10.0. The number of piperazine rings is 1. The Morgan fingerprint density at radius 1 is 0.941 bits per heavy atom. The van der Waals surface area contributed by atoms with Crippen LogP contribution in [0.5, 0.6) is 11.5 Å². The number of halogens is 1. The van der Waals surface area contributed by atoms with Crippen molar-refractivity contribution >= 4 is 5.69 Å². The van der Waals surface area contributed by atoms with Crippen molar-refractivity contribution < 1.29 is 13.9 Å². The number of rotatable bonds is 7. The normalized spacial score (nSPS) is 18.3. The fourth-order valence-electron chi connectivity index (χ4n) is 5.26. The molecule has 2 aliphatic rings. The SMILES string of the molecule is COc1ccc(C(c2nnnn2C2CCCC2)N2CCN(c3ccccc3F)CC2)cc1OC. The maximum atomic E-state index is 14.4. The number of aromatic nitrogens is 4. The maximum Gasteiger partial charge on any atom is 0.173 e. The van der Waals surface area contributed by atoms with Crippen molar-refractivity contribution in [3.8, 4) is 11.5 Å². The van der Waals surface area contributed by atoms with Crippen molar-refractivity contribution in [3.05, 3.63) is 59.7 Å². The number of hydrogen-bond acceptors (Lipinski definition) is 7. The molecule has 8 nitrogen and oxygen atoms in total. The molecule has 2 heterocycles. The van der Waals surface area contributed by atoms with E-state index in [2.05, 4.69) is 31.4 Å². The van der Waals surface area contributed by atoms with Crippen molar-refractivity contribution in [2.24, 2.45) is 0 Å². The zero-order chi connectivity index (χ0) is 23.5. The van der Waals surface area contributed by atoms with Crippen LogP contribution in [0.3, 0.4) is 0 Å². The van der Waals surface area contributed by atoms with E-state index in [1.165, 1.54) is 18.9 Å². The van der Waals surface area contributed by atoms with Crippen LogP contribution in [-0.2, 0) is 0 Å². The van der Waals surface area contributed by atoms with Gasteiger partial charge in [-0.2, -0.15) is 0 Å². The zero-order valence-corrected chi connectivity index (χ0v) is 19.7. The highest BCUT2D eigenvalue weighted by atomic mass is 19.1. The summed E-state index contributed by atoms with van der Waals surface area (Å²) in [6.07, 6.45) is 4.59. The van der Waals surface area contributed by atoms with Crippen LogP contribution in [0.2, 0.25) is 0 Å². The van der Waals surface area contributed by atoms with E-state index in [-0.39, 0.29) is 11.9 Å². The Balaban J connectivity index is 1.47. The molecular weight excluding hydrogens is 435 g/mol. The van der Waals surface area contributed by atoms with Gasteiger partial charge >= 0.3 is 0 Å². The number of ether oxygens (including phenoxy) is 2. The third-order valence-corrected chi connectivity index (χ3v) is 7.03. The Hall–Kier alpha value is -3.20. The number of nitrogens with zero attached hydrogens (tertiary/aromatic N) is 6. The van der Waals surface area contributed by atoms with E-state index in [0.717, 1.165) is 50.4 Å². The molecule has 2 fully saturated rings. The molecule has 9 heteroatoms. The van der Waals surface area contributed by atoms with E-state index in [0.29, 0.717) is 23.2 Å². The van der Waals surface area contributed by atoms with Gasteiger partial charge in [-0.1, -0.05) is 31.0 Å². The molecular formula is C25H31FN6O2. The molecule has 1 aliphatic carbocycles. The zero-order valence-electron chi connectivity index (χ0n) is 19.7. The Bertz CT molecular complexity index is 1110. The smallest absolute Gasteiger partial charge is 0.173 e. The van der Waals surface area contributed by atoms with Crippen LogP contribution in [0.4, 0.5) is 10.1 Å². The maximum absolute atomic E-state index is 14.4. The number of methoxy groups -OCH3 is 2. The second kappa shape index (κ2) is 9.97. The van der Waals surface area contributed by atoms with Crippen molar-refractivity contribution in [1.82, 2.24) is 25.1 Å². The second-order valence-corrected chi connectivity index (χ2v) is 8.91.